The van der Waals surface area contributed by atoms with Crippen molar-refractivity contribution in [1.29, 1.82) is 0 Å². The van der Waals surface area contributed by atoms with E-state index in [1.807, 2.05) is 0 Å². The lowest BCUT2D eigenvalue weighted by atomic mass is 9.91. The lowest BCUT2D eigenvalue weighted by Crippen LogP contribution is -2.38. The molecule has 2 rings (SSSR count). The molecule has 1 heterocycles. The first-order valence-corrected chi connectivity index (χ1v) is 7.93. The van der Waals surface area contributed by atoms with Crippen LogP contribution < -0.4 is 11.1 Å². The van der Waals surface area contributed by atoms with E-state index in [4.69, 9.17) is 5.73 Å². The molecule has 1 aromatic rings. The first kappa shape index (κ1) is 17.5. The van der Waals surface area contributed by atoms with Crippen molar-refractivity contribution < 1.29 is 4.79 Å². The highest BCUT2D eigenvalue weighted by Gasteiger charge is 2.27. The third kappa shape index (κ3) is 4.47. The number of carbonyl (C=O) groups is 1. The molecule has 1 amide bonds. The van der Waals surface area contributed by atoms with Gasteiger partial charge in [0.05, 0.1) is 0 Å². The maximum absolute atomic E-state index is 12.0. The van der Waals surface area contributed by atoms with Crippen molar-refractivity contribution in [1.82, 2.24) is 5.32 Å². The molecule has 5 heteroatoms. The molecular weight excluding hydrogens is 292 g/mol. The molecule has 0 saturated heterocycles. The van der Waals surface area contributed by atoms with Gasteiger partial charge in [0.15, 0.2) is 0 Å². The second kappa shape index (κ2) is 7.43. The van der Waals surface area contributed by atoms with Crippen molar-refractivity contribution in [3.63, 3.8) is 0 Å². The Morgan fingerprint density at radius 2 is 2.25 bits per heavy atom. The first-order valence-electron chi connectivity index (χ1n) is 7.05. The summed E-state index contributed by atoms with van der Waals surface area (Å²) in [5, 5.41) is 5.15. The van der Waals surface area contributed by atoms with E-state index in [0.29, 0.717) is 18.9 Å². The maximum atomic E-state index is 12.0. The highest BCUT2D eigenvalue weighted by Crippen LogP contribution is 2.28. The van der Waals surface area contributed by atoms with Crippen LogP contribution in [0.1, 0.15) is 44.4 Å². The number of carbonyl (C=O) groups excluding carboxylic acids is 1. The maximum Gasteiger partial charge on any atom is 0.220 e. The molecular formula is C15H25ClN2OS. The molecule has 114 valence electrons. The monoisotopic (exact) mass is 316 g/mol. The molecule has 20 heavy (non-hydrogen) atoms. The van der Waals surface area contributed by atoms with Crippen LogP contribution >= 0.6 is 23.7 Å². The summed E-state index contributed by atoms with van der Waals surface area (Å²) in [5.41, 5.74) is 6.01. The summed E-state index contributed by atoms with van der Waals surface area (Å²) in [6.45, 7) is 5.02. The first-order chi connectivity index (χ1) is 8.99. The topological polar surface area (TPSA) is 55.1 Å². The highest BCUT2D eigenvalue weighted by molar-refractivity contribution is 7.10. The Balaban J connectivity index is 0.00000200. The number of hydrogen-bond donors (Lipinski definition) is 2. The van der Waals surface area contributed by atoms with Gasteiger partial charge in [-0.2, -0.15) is 0 Å². The molecule has 2 atom stereocenters. The lowest BCUT2D eigenvalue weighted by molar-refractivity contribution is -0.122. The molecule has 0 radical (unpaired) electrons. The van der Waals surface area contributed by atoms with Gasteiger partial charge < -0.3 is 11.1 Å². The van der Waals surface area contributed by atoms with Crippen molar-refractivity contribution in [3.8, 4) is 0 Å². The van der Waals surface area contributed by atoms with Gasteiger partial charge >= 0.3 is 0 Å². The molecule has 1 aromatic heterocycles. The van der Waals surface area contributed by atoms with E-state index >= 15 is 0 Å². The number of hydrogen-bond acceptors (Lipinski definition) is 3. The second-order valence-electron chi connectivity index (χ2n) is 6.20. The van der Waals surface area contributed by atoms with E-state index in [1.165, 1.54) is 11.3 Å². The van der Waals surface area contributed by atoms with Crippen molar-refractivity contribution in [2.24, 2.45) is 11.7 Å². The highest BCUT2D eigenvalue weighted by atomic mass is 35.5. The van der Waals surface area contributed by atoms with Gasteiger partial charge in [0.25, 0.3) is 0 Å². The normalized spacial score (nSPS) is 22.4. The largest absolute Gasteiger partial charge is 0.355 e. The van der Waals surface area contributed by atoms with Crippen molar-refractivity contribution in [2.45, 2.75) is 51.0 Å². The third-order valence-electron chi connectivity index (χ3n) is 4.08. The minimum atomic E-state index is 0. The Morgan fingerprint density at radius 1 is 1.50 bits per heavy atom. The van der Waals surface area contributed by atoms with E-state index in [9.17, 15) is 4.79 Å². The number of halogens is 1. The van der Waals surface area contributed by atoms with Gasteiger partial charge in [-0.05, 0) is 30.2 Å². The summed E-state index contributed by atoms with van der Waals surface area (Å²) in [5.74, 6) is 0.525. The molecule has 3 nitrogen and oxygen atoms in total. The Morgan fingerprint density at radius 3 is 2.80 bits per heavy atom. The molecule has 0 bridgehead atoms. The smallest absolute Gasteiger partial charge is 0.220 e. The number of thiophene rings is 1. The van der Waals surface area contributed by atoms with E-state index in [0.717, 1.165) is 12.8 Å². The van der Waals surface area contributed by atoms with Gasteiger partial charge in [-0.25, -0.2) is 0 Å². The van der Waals surface area contributed by atoms with E-state index in [-0.39, 0.29) is 29.8 Å². The summed E-state index contributed by atoms with van der Waals surface area (Å²) in [6, 6.07) is 4.40. The zero-order valence-corrected chi connectivity index (χ0v) is 13.9. The van der Waals surface area contributed by atoms with Crippen molar-refractivity contribution in [3.05, 3.63) is 22.4 Å². The fourth-order valence-electron chi connectivity index (χ4n) is 2.70. The number of rotatable bonds is 5. The van der Waals surface area contributed by atoms with Gasteiger partial charge in [0, 0.05) is 29.3 Å². The molecule has 0 unspecified atom stereocenters. The predicted molar refractivity (Wildman–Crippen MR) is 87.5 cm³/mol. The SMILES string of the molecule is CC(C)(CNC(=O)C[C@@H]1CCC[C@H]1N)c1cccs1.Cl. The van der Waals surface area contributed by atoms with Gasteiger partial charge in [-0.15, -0.1) is 23.7 Å². The third-order valence-corrected chi connectivity index (χ3v) is 5.32. The summed E-state index contributed by atoms with van der Waals surface area (Å²) in [6.07, 6.45) is 3.92. The molecule has 1 aliphatic carbocycles. The van der Waals surface area contributed by atoms with Crippen LogP contribution in [0.4, 0.5) is 0 Å². The Labute approximate surface area is 131 Å². The van der Waals surface area contributed by atoms with Gasteiger partial charge in [-0.3, -0.25) is 4.79 Å². The Bertz CT molecular complexity index is 420. The Kier molecular flexibility index (Phi) is 6.49. The summed E-state index contributed by atoms with van der Waals surface area (Å²) in [7, 11) is 0. The summed E-state index contributed by atoms with van der Waals surface area (Å²) >= 11 is 1.74. The Hall–Kier alpha value is -0.580. The number of nitrogens with one attached hydrogen (secondary N) is 1. The molecule has 3 N–H and O–H groups in total. The van der Waals surface area contributed by atoms with Crippen LogP contribution in [0.15, 0.2) is 17.5 Å². The van der Waals surface area contributed by atoms with E-state index in [1.54, 1.807) is 11.3 Å². The molecule has 0 aromatic carbocycles. The number of amides is 1. The number of nitrogens with two attached hydrogens (primary N) is 1. The molecule has 0 aliphatic heterocycles. The van der Waals surface area contributed by atoms with Gasteiger partial charge in [-0.1, -0.05) is 26.3 Å². The molecule has 1 saturated carbocycles. The second-order valence-corrected chi connectivity index (χ2v) is 7.14. The van der Waals surface area contributed by atoms with Gasteiger partial charge in [0.2, 0.25) is 5.91 Å². The van der Waals surface area contributed by atoms with Crippen LogP contribution in [-0.2, 0) is 10.2 Å². The fourth-order valence-corrected chi connectivity index (χ4v) is 3.55. The quantitative estimate of drug-likeness (QED) is 0.877. The fraction of sp³-hybridized carbons (Fsp3) is 0.667. The molecule has 0 spiro atoms. The van der Waals surface area contributed by atoms with Crippen molar-refractivity contribution in [2.75, 3.05) is 6.54 Å². The zero-order valence-electron chi connectivity index (χ0n) is 12.2. The van der Waals surface area contributed by atoms with Crippen LogP contribution in [0.2, 0.25) is 0 Å². The molecule has 1 aliphatic rings. The van der Waals surface area contributed by atoms with Crippen LogP contribution in [0.25, 0.3) is 0 Å². The van der Waals surface area contributed by atoms with E-state index < -0.39 is 0 Å². The van der Waals surface area contributed by atoms with Crippen LogP contribution in [-0.4, -0.2) is 18.5 Å². The van der Waals surface area contributed by atoms with Crippen LogP contribution in [0.5, 0.6) is 0 Å². The zero-order chi connectivity index (χ0) is 13.9. The van der Waals surface area contributed by atoms with Crippen LogP contribution in [0.3, 0.4) is 0 Å². The minimum absolute atomic E-state index is 0. The minimum Gasteiger partial charge on any atom is -0.355 e. The summed E-state index contributed by atoms with van der Waals surface area (Å²) < 4.78 is 0. The van der Waals surface area contributed by atoms with Gasteiger partial charge in [0.1, 0.15) is 0 Å². The van der Waals surface area contributed by atoms with E-state index in [2.05, 4.69) is 36.7 Å². The average molecular weight is 317 g/mol. The predicted octanol–water partition coefficient (Wildman–Crippen LogP) is 3.08. The standard InChI is InChI=1S/C15H24N2OS.ClH/c1-15(2,13-7-4-8-19-13)10-17-14(18)9-11-5-3-6-12(11)16;/h4,7-8,11-12H,3,5-6,9-10,16H2,1-2H3,(H,17,18);1H/t11-,12+;/m0./s1. The molecule has 1 fully saturated rings. The lowest BCUT2D eigenvalue weighted by Gasteiger charge is -2.24. The van der Waals surface area contributed by atoms with Crippen LogP contribution in [0, 0.1) is 5.92 Å². The average Bonchev–Trinajstić information content (AvgIpc) is 3.00. The summed E-state index contributed by atoms with van der Waals surface area (Å²) in [4.78, 5) is 13.3. The van der Waals surface area contributed by atoms with Crippen molar-refractivity contribution >= 4 is 29.7 Å².